The fourth-order valence-electron chi connectivity index (χ4n) is 2.65. The fraction of sp³-hybridized carbons (Fsp3) is 0.500. The van der Waals surface area contributed by atoms with Gasteiger partial charge in [-0.1, -0.05) is 0 Å². The lowest BCUT2D eigenvalue weighted by molar-refractivity contribution is 0.415. The maximum Gasteiger partial charge on any atom is 0.206 e. The van der Waals surface area contributed by atoms with E-state index in [1.54, 1.807) is 7.11 Å². The van der Waals surface area contributed by atoms with E-state index >= 15 is 0 Å². The lowest BCUT2D eigenvalue weighted by Gasteiger charge is -2.32. The van der Waals surface area contributed by atoms with Crippen LogP contribution in [-0.2, 0) is 6.54 Å². The smallest absolute Gasteiger partial charge is 0.206 e. The lowest BCUT2D eigenvalue weighted by Crippen LogP contribution is -2.37. The van der Waals surface area contributed by atoms with Gasteiger partial charge in [-0.15, -0.1) is 0 Å². The minimum absolute atomic E-state index is 0.489. The summed E-state index contributed by atoms with van der Waals surface area (Å²) in [5, 5.41) is 0. The maximum absolute atomic E-state index is 5.27. The van der Waals surface area contributed by atoms with Crippen molar-refractivity contribution in [1.82, 2.24) is 9.55 Å². The Hall–Kier alpha value is -1.71. The zero-order valence-electron chi connectivity index (χ0n) is 11.2. The highest BCUT2D eigenvalue weighted by Crippen LogP contribution is 2.29. The van der Waals surface area contributed by atoms with Gasteiger partial charge in [-0.05, 0) is 32.4 Å². The molecule has 0 unspecified atom stereocenters. The molecule has 0 saturated carbocycles. The summed E-state index contributed by atoms with van der Waals surface area (Å²) in [4.78, 5) is 7.14. The highest BCUT2D eigenvalue weighted by Gasteiger charge is 2.23. The Morgan fingerprint density at radius 3 is 2.83 bits per heavy atom. The van der Waals surface area contributed by atoms with Gasteiger partial charge in [-0.3, -0.25) is 0 Å². The molecule has 0 N–H and O–H groups in total. The molecule has 0 aliphatic carbocycles. The molecule has 1 aliphatic rings. The van der Waals surface area contributed by atoms with Crippen LogP contribution in [0.15, 0.2) is 18.2 Å². The summed E-state index contributed by atoms with van der Waals surface area (Å²) >= 11 is 0. The number of nitrogens with zero attached hydrogens (tertiary/aromatic N) is 3. The molecule has 4 heteroatoms. The normalized spacial score (nSPS) is 15.2. The van der Waals surface area contributed by atoms with Crippen LogP contribution in [0.4, 0.5) is 5.95 Å². The second-order valence-electron chi connectivity index (χ2n) is 5.06. The quantitative estimate of drug-likeness (QED) is 0.815. The summed E-state index contributed by atoms with van der Waals surface area (Å²) in [5.41, 5.74) is 2.23. The molecule has 0 bridgehead atoms. The van der Waals surface area contributed by atoms with E-state index in [0.29, 0.717) is 6.04 Å². The molecule has 0 fully saturated rings. The molecule has 0 amide bonds. The van der Waals surface area contributed by atoms with Crippen LogP contribution >= 0.6 is 0 Å². The predicted octanol–water partition coefficient (Wildman–Crippen LogP) is 2.66. The molecule has 96 valence electrons. The Morgan fingerprint density at radius 1 is 1.28 bits per heavy atom. The van der Waals surface area contributed by atoms with Crippen molar-refractivity contribution in [2.75, 3.05) is 18.6 Å². The first-order chi connectivity index (χ1) is 8.70. The molecule has 0 radical (unpaired) electrons. The Kier molecular flexibility index (Phi) is 2.65. The van der Waals surface area contributed by atoms with Crippen LogP contribution in [0, 0.1) is 0 Å². The SMILES string of the molecule is COc1ccc2c(c1)nc1n2CCCN1C(C)C. The third-order valence-electron chi connectivity index (χ3n) is 3.60. The lowest BCUT2D eigenvalue weighted by atomic mass is 10.2. The van der Waals surface area contributed by atoms with Gasteiger partial charge in [0.2, 0.25) is 5.95 Å². The number of methoxy groups -OCH3 is 1. The van der Waals surface area contributed by atoms with E-state index in [4.69, 9.17) is 9.72 Å². The molecule has 18 heavy (non-hydrogen) atoms. The molecule has 2 aromatic rings. The molecule has 0 saturated heterocycles. The molecule has 1 aromatic heterocycles. The Morgan fingerprint density at radius 2 is 2.11 bits per heavy atom. The van der Waals surface area contributed by atoms with Crippen molar-refractivity contribution in [3.05, 3.63) is 18.2 Å². The average Bonchev–Trinajstić information content (AvgIpc) is 2.75. The first kappa shape index (κ1) is 11.4. The number of rotatable bonds is 2. The second-order valence-corrected chi connectivity index (χ2v) is 5.06. The number of aryl methyl sites for hydroxylation is 1. The van der Waals surface area contributed by atoms with Crippen molar-refractivity contribution >= 4 is 17.0 Å². The van der Waals surface area contributed by atoms with Crippen LogP contribution in [0.3, 0.4) is 0 Å². The molecule has 4 nitrogen and oxygen atoms in total. The molecule has 2 heterocycles. The van der Waals surface area contributed by atoms with Gasteiger partial charge < -0.3 is 14.2 Å². The molecule has 1 aliphatic heterocycles. The van der Waals surface area contributed by atoms with Gasteiger partial charge >= 0.3 is 0 Å². The topological polar surface area (TPSA) is 30.3 Å². The zero-order valence-corrected chi connectivity index (χ0v) is 11.2. The van der Waals surface area contributed by atoms with Gasteiger partial charge in [0.1, 0.15) is 5.75 Å². The van der Waals surface area contributed by atoms with Crippen molar-refractivity contribution in [1.29, 1.82) is 0 Å². The zero-order chi connectivity index (χ0) is 12.7. The Balaban J connectivity index is 2.17. The summed E-state index contributed by atoms with van der Waals surface area (Å²) in [5.74, 6) is 1.97. The number of benzene rings is 1. The van der Waals surface area contributed by atoms with Crippen LogP contribution < -0.4 is 9.64 Å². The third-order valence-corrected chi connectivity index (χ3v) is 3.60. The van der Waals surface area contributed by atoms with Gasteiger partial charge in [0.25, 0.3) is 0 Å². The monoisotopic (exact) mass is 245 g/mol. The molecular weight excluding hydrogens is 226 g/mol. The number of fused-ring (bicyclic) bond motifs is 3. The first-order valence-corrected chi connectivity index (χ1v) is 6.51. The Bertz CT molecular complexity index is 574. The van der Waals surface area contributed by atoms with E-state index in [1.165, 1.54) is 11.9 Å². The summed E-state index contributed by atoms with van der Waals surface area (Å²) in [6, 6.07) is 6.61. The van der Waals surface area contributed by atoms with E-state index in [0.717, 1.165) is 30.3 Å². The van der Waals surface area contributed by atoms with Gasteiger partial charge in [0.15, 0.2) is 0 Å². The number of anilines is 1. The minimum atomic E-state index is 0.489. The van der Waals surface area contributed by atoms with Crippen molar-refractivity contribution in [3.63, 3.8) is 0 Å². The summed E-state index contributed by atoms with van der Waals surface area (Å²) in [6.45, 7) is 6.59. The Labute approximate surface area is 107 Å². The van der Waals surface area contributed by atoms with Crippen LogP contribution in [0.2, 0.25) is 0 Å². The number of hydrogen-bond acceptors (Lipinski definition) is 3. The molecule has 0 atom stereocenters. The summed E-state index contributed by atoms with van der Waals surface area (Å²) in [7, 11) is 1.69. The molecule has 1 aromatic carbocycles. The third kappa shape index (κ3) is 1.64. The number of imidazole rings is 1. The van der Waals surface area contributed by atoms with Crippen LogP contribution in [-0.4, -0.2) is 29.2 Å². The van der Waals surface area contributed by atoms with Crippen molar-refractivity contribution in [2.45, 2.75) is 32.9 Å². The molecular formula is C14H19N3O. The molecule has 0 spiro atoms. The van der Waals surface area contributed by atoms with E-state index < -0.39 is 0 Å². The van der Waals surface area contributed by atoms with Gasteiger partial charge in [-0.2, -0.15) is 0 Å². The van der Waals surface area contributed by atoms with Crippen molar-refractivity contribution < 1.29 is 4.74 Å². The minimum Gasteiger partial charge on any atom is -0.497 e. The summed E-state index contributed by atoms with van der Waals surface area (Å²) < 4.78 is 7.58. The number of aromatic nitrogens is 2. The van der Waals surface area contributed by atoms with E-state index in [9.17, 15) is 0 Å². The standard InChI is InChI=1S/C14H19N3O/c1-10(2)16-7-4-8-17-13-6-5-11(18-3)9-12(13)15-14(16)17/h5-6,9-10H,4,7-8H2,1-3H3. The van der Waals surface area contributed by atoms with Crippen LogP contribution in [0.5, 0.6) is 5.75 Å². The number of hydrogen-bond donors (Lipinski definition) is 0. The average molecular weight is 245 g/mol. The first-order valence-electron chi connectivity index (χ1n) is 6.51. The predicted molar refractivity (Wildman–Crippen MR) is 73.4 cm³/mol. The van der Waals surface area contributed by atoms with E-state index in [2.05, 4.69) is 29.4 Å². The maximum atomic E-state index is 5.27. The second kappa shape index (κ2) is 4.19. The van der Waals surface area contributed by atoms with Crippen molar-refractivity contribution in [3.8, 4) is 5.75 Å². The van der Waals surface area contributed by atoms with Gasteiger partial charge in [-0.25, -0.2) is 4.98 Å². The number of ether oxygens (including phenoxy) is 1. The van der Waals surface area contributed by atoms with E-state index in [-0.39, 0.29) is 0 Å². The van der Waals surface area contributed by atoms with Crippen LogP contribution in [0.25, 0.3) is 11.0 Å². The molecule has 3 rings (SSSR count). The van der Waals surface area contributed by atoms with Crippen molar-refractivity contribution in [2.24, 2.45) is 0 Å². The van der Waals surface area contributed by atoms with Crippen LogP contribution in [0.1, 0.15) is 20.3 Å². The highest BCUT2D eigenvalue weighted by atomic mass is 16.5. The highest BCUT2D eigenvalue weighted by molar-refractivity contribution is 5.80. The van der Waals surface area contributed by atoms with Gasteiger partial charge in [0, 0.05) is 25.2 Å². The van der Waals surface area contributed by atoms with E-state index in [1.807, 2.05) is 12.1 Å². The van der Waals surface area contributed by atoms with Gasteiger partial charge in [0.05, 0.1) is 18.1 Å². The fourth-order valence-corrected chi connectivity index (χ4v) is 2.65. The summed E-state index contributed by atoms with van der Waals surface area (Å²) in [6.07, 6.45) is 1.18. The largest absolute Gasteiger partial charge is 0.497 e.